The molecule has 2 N–H and O–H groups in total. The van der Waals surface area contributed by atoms with Crippen molar-refractivity contribution in [3.8, 4) is 0 Å². The van der Waals surface area contributed by atoms with E-state index >= 15 is 0 Å². The fourth-order valence-corrected chi connectivity index (χ4v) is 6.21. The Kier molecular flexibility index (Phi) is 7.91. The number of allylic oxidation sites excluding steroid dienone is 3. The Bertz CT molecular complexity index is 1810. The highest BCUT2D eigenvalue weighted by Gasteiger charge is 2.30. The molecule has 8 bridgehead atoms. The van der Waals surface area contributed by atoms with Crippen molar-refractivity contribution in [2.45, 2.75) is 65.7 Å². The van der Waals surface area contributed by atoms with Gasteiger partial charge in [-0.2, -0.15) is 0 Å². The molecule has 2 atom stereocenters. The smallest absolute Gasteiger partial charge is 0.340 e. The molecule has 0 saturated carbocycles. The first kappa shape index (κ1) is 29.0. The third kappa shape index (κ3) is 4.95. The van der Waals surface area contributed by atoms with Gasteiger partial charge in [-0.05, 0) is 80.1 Å². The largest absolute Gasteiger partial charge is 0.469 e. The second-order valence-electron chi connectivity index (χ2n) is 11.0. The van der Waals surface area contributed by atoms with Crippen LogP contribution in [-0.2, 0) is 20.7 Å². The van der Waals surface area contributed by atoms with Crippen LogP contribution in [0, 0.1) is 13.8 Å². The monoisotopic (exact) mass is 566 g/mol. The second kappa shape index (κ2) is 11.4. The molecule has 8 nitrogen and oxygen atoms in total. The molecule has 42 heavy (non-hydrogen) atoms. The zero-order valence-corrected chi connectivity index (χ0v) is 25.4. The molecule has 5 heterocycles. The van der Waals surface area contributed by atoms with Gasteiger partial charge in [0.2, 0.25) is 0 Å². The van der Waals surface area contributed by atoms with E-state index in [1.54, 1.807) is 0 Å². The van der Waals surface area contributed by atoms with Crippen LogP contribution in [0.2, 0.25) is 0 Å². The van der Waals surface area contributed by atoms with E-state index in [2.05, 4.69) is 56.4 Å². The van der Waals surface area contributed by atoms with Gasteiger partial charge in [-0.15, -0.1) is 0 Å². The first-order chi connectivity index (χ1) is 20.1. The maximum absolute atomic E-state index is 13.0. The minimum absolute atomic E-state index is 0.0101. The number of nitrogens with zero attached hydrogens (tertiary/aromatic N) is 2. The van der Waals surface area contributed by atoms with Crippen molar-refractivity contribution in [2.24, 2.45) is 0 Å². The number of rotatable bonds is 6. The van der Waals surface area contributed by atoms with Gasteiger partial charge in [-0.25, -0.2) is 9.78 Å². The number of hydrogen-bond donors (Lipinski definition) is 2. The highest BCUT2D eigenvalue weighted by Crippen LogP contribution is 2.41. The van der Waals surface area contributed by atoms with Crippen LogP contribution in [0.5, 0.6) is 0 Å². The Morgan fingerprint density at radius 2 is 1.62 bits per heavy atom. The molecular formula is C34H38N4O4. The Morgan fingerprint density at radius 3 is 2.29 bits per heavy atom. The van der Waals surface area contributed by atoms with Crippen molar-refractivity contribution in [3.05, 3.63) is 81.9 Å². The highest BCUT2D eigenvalue weighted by atomic mass is 16.5. The Hall–Kier alpha value is -4.46. The molecule has 2 aliphatic rings. The van der Waals surface area contributed by atoms with Crippen LogP contribution in [0.25, 0.3) is 33.2 Å². The number of ether oxygens (including phenoxy) is 2. The summed E-state index contributed by atoms with van der Waals surface area (Å²) in [6, 6.07) is 8.09. The van der Waals surface area contributed by atoms with Crippen LogP contribution >= 0.6 is 0 Å². The lowest BCUT2D eigenvalue weighted by molar-refractivity contribution is -0.140. The van der Waals surface area contributed by atoms with E-state index in [1.807, 2.05) is 25.1 Å². The SMILES string of the molecule is C=CC1=C(C)c2cc3nc(cc4[nH]c(cc5[nH]c(cc1n2)c(C)c5CC)c(C)c4C(=O)OC)[C@@H](CCC(=O)OC)[C@@H]3C. The Morgan fingerprint density at radius 1 is 0.905 bits per heavy atom. The molecule has 3 aromatic heterocycles. The normalized spacial score (nSPS) is 16.5. The summed E-state index contributed by atoms with van der Waals surface area (Å²) >= 11 is 0. The van der Waals surface area contributed by atoms with Gasteiger partial charge in [0.1, 0.15) is 0 Å². The van der Waals surface area contributed by atoms with Crippen molar-refractivity contribution < 1.29 is 19.1 Å². The number of nitrogens with one attached hydrogen (secondary N) is 2. The number of aryl methyl sites for hydroxylation is 3. The minimum Gasteiger partial charge on any atom is -0.469 e. The van der Waals surface area contributed by atoms with E-state index in [9.17, 15) is 9.59 Å². The molecule has 218 valence electrons. The molecule has 0 aromatic carbocycles. The lowest BCUT2D eigenvalue weighted by Gasteiger charge is -2.15. The first-order valence-corrected chi connectivity index (χ1v) is 14.3. The molecule has 0 saturated heterocycles. The highest BCUT2D eigenvalue weighted by molar-refractivity contribution is 6.02. The van der Waals surface area contributed by atoms with Crippen LogP contribution in [-0.4, -0.2) is 46.1 Å². The summed E-state index contributed by atoms with van der Waals surface area (Å²) in [6.07, 6.45) is 3.51. The predicted octanol–water partition coefficient (Wildman–Crippen LogP) is 7.24. The summed E-state index contributed by atoms with van der Waals surface area (Å²) in [5, 5.41) is 0. The summed E-state index contributed by atoms with van der Waals surface area (Å²) in [5.74, 6) is -0.741. The molecule has 0 aliphatic carbocycles. The standard InChI is InChI=1S/C34H38N4O4/c1-9-21-17(3)24-13-25-19(5)23(11-12-32(39)41-7)30(37-25)16-31-33(34(40)42-8)20(6)27(38-31)15-29-22(10-2)18(4)26(36-29)14-28(21)35-24/h9,13-16,19,23,36,38H,1,10-12H2,2-8H3/t19-,23-/m0/s1. The molecule has 3 aromatic rings. The van der Waals surface area contributed by atoms with Crippen LogP contribution in [0.15, 0.2) is 36.9 Å². The number of hydrogen-bond acceptors (Lipinski definition) is 6. The van der Waals surface area contributed by atoms with Crippen molar-refractivity contribution in [1.82, 2.24) is 19.9 Å². The van der Waals surface area contributed by atoms with Crippen LogP contribution in [0.3, 0.4) is 0 Å². The number of aromatic nitrogens is 4. The Balaban J connectivity index is 1.92. The lowest BCUT2D eigenvalue weighted by Crippen LogP contribution is -2.07. The molecule has 2 aliphatic heterocycles. The summed E-state index contributed by atoms with van der Waals surface area (Å²) in [5.41, 5.74) is 12.3. The molecule has 0 radical (unpaired) electrons. The number of H-pyrrole nitrogens is 2. The van der Waals surface area contributed by atoms with E-state index in [0.29, 0.717) is 17.5 Å². The van der Waals surface area contributed by atoms with Gasteiger partial charge in [0.15, 0.2) is 0 Å². The van der Waals surface area contributed by atoms with E-state index in [-0.39, 0.29) is 24.2 Å². The topological polar surface area (TPSA) is 110 Å². The Labute approximate surface area is 245 Å². The average molecular weight is 567 g/mol. The van der Waals surface area contributed by atoms with Crippen LogP contribution in [0.1, 0.15) is 95.3 Å². The number of carbonyl (C=O) groups is 2. The number of carbonyl (C=O) groups excluding carboxylic acids is 2. The molecular weight excluding hydrogens is 528 g/mol. The zero-order valence-electron chi connectivity index (χ0n) is 25.4. The van der Waals surface area contributed by atoms with E-state index < -0.39 is 5.97 Å². The molecule has 0 amide bonds. The molecule has 8 heteroatoms. The summed E-state index contributed by atoms with van der Waals surface area (Å²) in [4.78, 5) is 42.3. The average Bonchev–Trinajstić information content (AvgIpc) is 3.64. The molecule has 5 rings (SSSR count). The van der Waals surface area contributed by atoms with Crippen molar-refractivity contribution in [2.75, 3.05) is 14.2 Å². The van der Waals surface area contributed by atoms with E-state index in [0.717, 1.165) is 68.0 Å². The van der Waals surface area contributed by atoms with Crippen molar-refractivity contribution >= 4 is 45.2 Å². The zero-order chi connectivity index (χ0) is 30.3. The summed E-state index contributed by atoms with van der Waals surface area (Å²) in [7, 11) is 2.79. The summed E-state index contributed by atoms with van der Waals surface area (Å²) < 4.78 is 10.1. The van der Waals surface area contributed by atoms with E-state index in [1.165, 1.54) is 19.8 Å². The third-order valence-electron chi connectivity index (χ3n) is 8.76. The minimum atomic E-state index is -0.422. The van der Waals surface area contributed by atoms with Gasteiger partial charge in [0.25, 0.3) is 0 Å². The predicted molar refractivity (Wildman–Crippen MR) is 166 cm³/mol. The summed E-state index contributed by atoms with van der Waals surface area (Å²) in [6.45, 7) is 14.4. The van der Waals surface area contributed by atoms with Gasteiger partial charge in [0, 0.05) is 51.8 Å². The van der Waals surface area contributed by atoms with Gasteiger partial charge in [-0.1, -0.05) is 26.5 Å². The molecule has 0 fully saturated rings. The van der Waals surface area contributed by atoms with E-state index in [4.69, 9.17) is 19.4 Å². The van der Waals surface area contributed by atoms with Gasteiger partial charge < -0.3 is 19.4 Å². The second-order valence-corrected chi connectivity index (χ2v) is 11.0. The number of aromatic amines is 2. The van der Waals surface area contributed by atoms with Gasteiger partial charge >= 0.3 is 11.9 Å². The molecule has 0 spiro atoms. The first-order valence-electron chi connectivity index (χ1n) is 14.3. The fraction of sp³-hybridized carbons (Fsp3) is 0.353. The maximum Gasteiger partial charge on any atom is 0.340 e. The number of fused-ring (bicyclic) bond motifs is 8. The number of esters is 2. The van der Waals surface area contributed by atoms with Crippen molar-refractivity contribution in [1.29, 1.82) is 0 Å². The van der Waals surface area contributed by atoms with Gasteiger partial charge in [0.05, 0.1) is 36.7 Å². The van der Waals surface area contributed by atoms with Gasteiger partial charge in [-0.3, -0.25) is 9.78 Å². The maximum atomic E-state index is 13.0. The van der Waals surface area contributed by atoms with Crippen LogP contribution < -0.4 is 0 Å². The van der Waals surface area contributed by atoms with Crippen molar-refractivity contribution in [3.63, 3.8) is 0 Å². The lowest BCUT2D eigenvalue weighted by atomic mass is 9.87. The third-order valence-corrected chi connectivity index (χ3v) is 8.76. The number of methoxy groups -OCH3 is 2. The quantitative estimate of drug-likeness (QED) is 0.305. The fourth-order valence-electron chi connectivity index (χ4n) is 6.21. The van der Waals surface area contributed by atoms with Crippen LogP contribution in [0.4, 0.5) is 0 Å². The molecule has 0 unspecified atom stereocenters.